The first-order valence-corrected chi connectivity index (χ1v) is 13.1. The van der Waals surface area contributed by atoms with Crippen LogP contribution in [0.2, 0.25) is 0 Å². The Morgan fingerprint density at radius 3 is 2.43 bits per heavy atom. The monoisotopic (exact) mass is 506 g/mol. The zero-order valence-electron chi connectivity index (χ0n) is 21.0. The van der Waals surface area contributed by atoms with Crippen LogP contribution in [0.25, 0.3) is 11.1 Å². The second-order valence-electron chi connectivity index (χ2n) is 9.64. The van der Waals surface area contributed by atoms with Crippen LogP contribution < -0.4 is 14.9 Å². The molecule has 2 aromatic rings. The molecule has 0 aliphatic carbocycles. The summed E-state index contributed by atoms with van der Waals surface area (Å²) in [4.78, 5) is 25.3. The second kappa shape index (κ2) is 11.8. The quantitative estimate of drug-likeness (QED) is 0.566. The van der Waals surface area contributed by atoms with E-state index in [1.165, 1.54) is 12.1 Å². The molecule has 3 rings (SSSR count). The molecule has 1 aromatic carbocycles. The number of carbonyl (C=O) groups excluding carboxylic acids is 1. The van der Waals surface area contributed by atoms with Crippen molar-refractivity contribution in [1.82, 2.24) is 19.6 Å². The number of aromatic nitrogens is 2. The Kier molecular flexibility index (Phi) is 9.01. The molecular formula is C24H35FN6O3S. The summed E-state index contributed by atoms with van der Waals surface area (Å²) in [6, 6.07) is 6.26. The Balaban J connectivity index is 1.73. The maximum atomic E-state index is 13.5. The van der Waals surface area contributed by atoms with Gasteiger partial charge < -0.3 is 19.9 Å². The minimum atomic E-state index is -1.17. The molecule has 0 saturated carbocycles. The van der Waals surface area contributed by atoms with Gasteiger partial charge in [0, 0.05) is 50.5 Å². The maximum Gasteiger partial charge on any atom is 0.410 e. The first-order valence-electron chi connectivity index (χ1n) is 11.8. The van der Waals surface area contributed by atoms with Crippen molar-refractivity contribution >= 4 is 28.8 Å². The summed E-state index contributed by atoms with van der Waals surface area (Å²) >= 11 is 0. The number of nitrogens with one attached hydrogen (secondary N) is 2. The molecule has 1 fully saturated rings. The number of hydrogen-bond donors (Lipinski definition) is 2. The molecule has 1 amide bonds. The molecule has 35 heavy (non-hydrogen) atoms. The van der Waals surface area contributed by atoms with E-state index in [1.807, 2.05) is 39.5 Å². The number of anilines is 2. The van der Waals surface area contributed by atoms with Gasteiger partial charge in [-0.2, -0.15) is 4.98 Å². The van der Waals surface area contributed by atoms with Crippen molar-refractivity contribution in [2.75, 3.05) is 48.7 Å². The SMILES string of the molecule is CC(C)NS(=O)CCNc1nc(N2CCN(C(=O)OC(C)(C)C)CC2)ncc1-c1ccc(F)cc1. The first kappa shape index (κ1) is 26.8. The van der Waals surface area contributed by atoms with Crippen LogP contribution in [0.5, 0.6) is 0 Å². The molecular weight excluding hydrogens is 471 g/mol. The number of nitrogens with zero attached hydrogens (tertiary/aromatic N) is 4. The third-order valence-corrected chi connectivity index (χ3v) is 6.40. The average Bonchev–Trinajstić information content (AvgIpc) is 2.78. The van der Waals surface area contributed by atoms with Crippen LogP contribution in [-0.2, 0) is 15.7 Å². The number of ether oxygens (including phenoxy) is 1. The van der Waals surface area contributed by atoms with Gasteiger partial charge in [-0.05, 0) is 52.3 Å². The van der Waals surface area contributed by atoms with Gasteiger partial charge in [0.05, 0.1) is 16.7 Å². The Hall–Kier alpha value is -2.79. The highest BCUT2D eigenvalue weighted by atomic mass is 32.2. The standard InChI is InChI=1S/C24H35FN6O3S/c1-17(2)29-35(33)15-10-26-21-20(18-6-8-19(25)9-7-18)16-27-22(28-21)30-11-13-31(14-12-30)23(32)34-24(3,4)5/h6-9,16-17,29H,10-15H2,1-5H3,(H,26,27,28). The highest BCUT2D eigenvalue weighted by Gasteiger charge is 2.27. The van der Waals surface area contributed by atoms with E-state index in [9.17, 15) is 13.4 Å². The van der Waals surface area contributed by atoms with Gasteiger partial charge in [0.15, 0.2) is 0 Å². The fraction of sp³-hybridized carbons (Fsp3) is 0.542. The van der Waals surface area contributed by atoms with Crippen LogP contribution in [0, 0.1) is 5.82 Å². The fourth-order valence-electron chi connectivity index (χ4n) is 3.50. The molecule has 11 heteroatoms. The first-order chi connectivity index (χ1) is 16.5. The topological polar surface area (TPSA) is 99.7 Å². The molecule has 1 unspecified atom stereocenters. The number of halogens is 1. The van der Waals surface area contributed by atoms with Crippen molar-refractivity contribution in [1.29, 1.82) is 0 Å². The van der Waals surface area contributed by atoms with Gasteiger partial charge in [0.25, 0.3) is 0 Å². The van der Waals surface area contributed by atoms with E-state index in [0.717, 1.165) is 11.1 Å². The molecule has 1 aliphatic heterocycles. The molecule has 1 saturated heterocycles. The van der Waals surface area contributed by atoms with Crippen molar-refractivity contribution in [2.45, 2.75) is 46.3 Å². The molecule has 0 bridgehead atoms. The van der Waals surface area contributed by atoms with Gasteiger partial charge in [-0.25, -0.2) is 23.1 Å². The summed E-state index contributed by atoms with van der Waals surface area (Å²) in [6.07, 6.45) is 1.39. The zero-order valence-corrected chi connectivity index (χ0v) is 21.8. The van der Waals surface area contributed by atoms with E-state index in [4.69, 9.17) is 9.72 Å². The maximum absolute atomic E-state index is 13.5. The Morgan fingerprint density at radius 2 is 1.83 bits per heavy atom. The summed E-state index contributed by atoms with van der Waals surface area (Å²) in [7, 11) is -1.17. The third kappa shape index (κ3) is 8.14. The Morgan fingerprint density at radius 1 is 1.17 bits per heavy atom. The van der Waals surface area contributed by atoms with E-state index in [2.05, 4.69) is 15.0 Å². The predicted molar refractivity (Wildman–Crippen MR) is 137 cm³/mol. The summed E-state index contributed by atoms with van der Waals surface area (Å²) in [5.74, 6) is 1.19. The number of amides is 1. The van der Waals surface area contributed by atoms with Crippen LogP contribution in [0.3, 0.4) is 0 Å². The summed E-state index contributed by atoms with van der Waals surface area (Å²) in [6.45, 7) is 12.0. The lowest BCUT2D eigenvalue weighted by Crippen LogP contribution is -2.50. The normalized spacial score (nSPS) is 15.3. The van der Waals surface area contributed by atoms with E-state index in [1.54, 1.807) is 23.2 Å². The summed E-state index contributed by atoms with van der Waals surface area (Å²) in [5.41, 5.74) is 0.961. The second-order valence-corrected chi connectivity index (χ2v) is 11.0. The van der Waals surface area contributed by atoms with Crippen LogP contribution in [0.15, 0.2) is 30.5 Å². The highest BCUT2D eigenvalue weighted by Crippen LogP contribution is 2.28. The van der Waals surface area contributed by atoms with Gasteiger partial charge in [0.2, 0.25) is 5.95 Å². The van der Waals surface area contributed by atoms with Gasteiger partial charge in [-0.1, -0.05) is 12.1 Å². The molecule has 0 radical (unpaired) electrons. The van der Waals surface area contributed by atoms with Crippen molar-refractivity contribution in [3.05, 3.63) is 36.3 Å². The molecule has 1 atom stereocenters. The van der Waals surface area contributed by atoms with Crippen molar-refractivity contribution < 1.29 is 18.1 Å². The zero-order chi connectivity index (χ0) is 25.6. The molecule has 9 nitrogen and oxygen atoms in total. The molecule has 1 aliphatic rings. The minimum Gasteiger partial charge on any atom is -0.444 e. The molecule has 2 heterocycles. The summed E-state index contributed by atoms with van der Waals surface area (Å²) < 4.78 is 34.1. The molecule has 1 aromatic heterocycles. The highest BCUT2D eigenvalue weighted by molar-refractivity contribution is 7.83. The largest absolute Gasteiger partial charge is 0.444 e. The number of benzene rings is 1. The lowest BCUT2D eigenvalue weighted by atomic mass is 10.1. The van der Waals surface area contributed by atoms with Crippen LogP contribution in [-0.4, -0.2) is 75.3 Å². The number of hydrogen-bond acceptors (Lipinski definition) is 7. The number of piperazine rings is 1. The number of carbonyl (C=O) groups is 1. The smallest absolute Gasteiger partial charge is 0.410 e. The van der Waals surface area contributed by atoms with Gasteiger partial charge in [0.1, 0.15) is 17.2 Å². The summed E-state index contributed by atoms with van der Waals surface area (Å²) in [5, 5.41) is 3.27. The molecule has 0 spiro atoms. The predicted octanol–water partition coefficient (Wildman–Crippen LogP) is 3.41. The lowest BCUT2D eigenvalue weighted by molar-refractivity contribution is 0.0240. The van der Waals surface area contributed by atoms with Crippen LogP contribution in [0.4, 0.5) is 21.0 Å². The lowest BCUT2D eigenvalue weighted by Gasteiger charge is -2.35. The van der Waals surface area contributed by atoms with Crippen molar-refractivity contribution in [3.63, 3.8) is 0 Å². The number of rotatable bonds is 8. The van der Waals surface area contributed by atoms with Gasteiger partial charge in [-0.15, -0.1) is 0 Å². The molecule has 192 valence electrons. The van der Waals surface area contributed by atoms with E-state index in [0.29, 0.717) is 50.2 Å². The van der Waals surface area contributed by atoms with Crippen molar-refractivity contribution in [2.24, 2.45) is 0 Å². The Labute approximate surface area is 209 Å². The van der Waals surface area contributed by atoms with Crippen LogP contribution >= 0.6 is 0 Å². The average molecular weight is 507 g/mol. The Bertz CT molecular complexity index is 1020. The van der Waals surface area contributed by atoms with E-state index >= 15 is 0 Å². The van der Waals surface area contributed by atoms with Gasteiger partial charge >= 0.3 is 6.09 Å². The minimum absolute atomic E-state index is 0.121. The molecule has 2 N–H and O–H groups in total. The van der Waals surface area contributed by atoms with E-state index < -0.39 is 16.6 Å². The van der Waals surface area contributed by atoms with Crippen LogP contribution in [0.1, 0.15) is 34.6 Å². The van der Waals surface area contributed by atoms with Gasteiger partial charge in [-0.3, -0.25) is 0 Å². The van der Waals surface area contributed by atoms with Crippen molar-refractivity contribution in [3.8, 4) is 11.1 Å². The fourth-order valence-corrected chi connectivity index (χ4v) is 4.43. The third-order valence-electron chi connectivity index (χ3n) is 5.09. The van der Waals surface area contributed by atoms with E-state index in [-0.39, 0.29) is 18.0 Å².